The fourth-order valence-electron chi connectivity index (χ4n) is 3.30. The van der Waals surface area contributed by atoms with Crippen molar-refractivity contribution in [3.8, 4) is 0 Å². The summed E-state index contributed by atoms with van der Waals surface area (Å²) in [6.45, 7) is 5.81. The van der Waals surface area contributed by atoms with Crippen molar-refractivity contribution in [2.24, 2.45) is 0 Å². The molecular weight excluding hydrogens is 326 g/mol. The van der Waals surface area contributed by atoms with Crippen LogP contribution in [-0.2, 0) is 4.79 Å². The van der Waals surface area contributed by atoms with Crippen LogP contribution in [0.1, 0.15) is 34.3 Å². The number of carbonyl (C=O) groups is 2. The second-order valence-corrected chi connectivity index (χ2v) is 6.86. The molecular formula is C21H25N3O2. The molecule has 0 bridgehead atoms. The number of carbonyl (C=O) groups excluding carboxylic acids is 2. The van der Waals surface area contributed by atoms with Gasteiger partial charge in [-0.25, -0.2) is 0 Å². The first-order valence-electron chi connectivity index (χ1n) is 9.02. The van der Waals surface area contributed by atoms with Crippen LogP contribution in [0.3, 0.4) is 0 Å². The van der Waals surface area contributed by atoms with Gasteiger partial charge in [-0.3, -0.25) is 9.59 Å². The van der Waals surface area contributed by atoms with Gasteiger partial charge in [0.15, 0.2) is 0 Å². The van der Waals surface area contributed by atoms with Crippen LogP contribution in [-0.4, -0.2) is 36.3 Å². The molecule has 5 heteroatoms. The average Bonchev–Trinajstić information content (AvgIpc) is 3.13. The minimum atomic E-state index is -0.119. The smallest absolute Gasteiger partial charge is 0.253 e. The van der Waals surface area contributed by atoms with E-state index in [1.165, 1.54) is 0 Å². The summed E-state index contributed by atoms with van der Waals surface area (Å²) in [6, 6.07) is 13.3. The summed E-state index contributed by atoms with van der Waals surface area (Å²) in [4.78, 5) is 26.5. The normalized spacial score (nSPS) is 13.5. The number of aryl methyl sites for hydroxylation is 2. The van der Waals surface area contributed by atoms with Crippen LogP contribution in [0.15, 0.2) is 42.5 Å². The maximum absolute atomic E-state index is 12.5. The molecule has 1 saturated heterocycles. The molecule has 136 valence electrons. The molecule has 0 unspecified atom stereocenters. The van der Waals surface area contributed by atoms with Gasteiger partial charge in [0.2, 0.25) is 5.91 Å². The van der Waals surface area contributed by atoms with Gasteiger partial charge in [0.1, 0.15) is 0 Å². The molecule has 26 heavy (non-hydrogen) atoms. The monoisotopic (exact) mass is 351 g/mol. The third-order valence-electron chi connectivity index (χ3n) is 4.46. The third kappa shape index (κ3) is 4.63. The zero-order valence-electron chi connectivity index (χ0n) is 15.3. The maximum Gasteiger partial charge on any atom is 0.253 e. The molecule has 0 atom stereocenters. The molecule has 0 spiro atoms. The van der Waals surface area contributed by atoms with Crippen LogP contribution in [0, 0.1) is 13.8 Å². The van der Waals surface area contributed by atoms with E-state index in [0.29, 0.717) is 5.56 Å². The Morgan fingerprint density at radius 3 is 2.35 bits per heavy atom. The van der Waals surface area contributed by atoms with E-state index in [-0.39, 0.29) is 18.4 Å². The lowest BCUT2D eigenvalue weighted by atomic mass is 10.1. The van der Waals surface area contributed by atoms with Crippen molar-refractivity contribution in [2.75, 3.05) is 30.3 Å². The zero-order chi connectivity index (χ0) is 18.5. The number of likely N-dealkylation sites (tertiary alicyclic amines) is 1. The Kier molecular flexibility index (Phi) is 5.56. The molecule has 2 aromatic rings. The molecule has 0 aliphatic carbocycles. The van der Waals surface area contributed by atoms with Crippen molar-refractivity contribution in [1.29, 1.82) is 0 Å². The number of hydrogen-bond donors (Lipinski definition) is 2. The lowest BCUT2D eigenvalue weighted by molar-refractivity contribution is -0.114. The van der Waals surface area contributed by atoms with E-state index < -0.39 is 0 Å². The molecule has 2 aromatic carbocycles. The highest BCUT2D eigenvalue weighted by atomic mass is 16.2. The van der Waals surface area contributed by atoms with E-state index in [9.17, 15) is 9.59 Å². The third-order valence-corrected chi connectivity index (χ3v) is 4.46. The topological polar surface area (TPSA) is 61.4 Å². The molecule has 0 aromatic heterocycles. The van der Waals surface area contributed by atoms with E-state index in [0.717, 1.165) is 48.4 Å². The second-order valence-electron chi connectivity index (χ2n) is 6.86. The van der Waals surface area contributed by atoms with Gasteiger partial charge in [-0.1, -0.05) is 12.1 Å². The molecule has 1 aliphatic rings. The van der Waals surface area contributed by atoms with Crippen molar-refractivity contribution in [2.45, 2.75) is 26.7 Å². The Labute approximate surface area is 154 Å². The SMILES string of the molecule is Cc1cc(C)cc(NC(=O)CNc2cccc(C(=O)N3CCCC3)c2)c1. The van der Waals surface area contributed by atoms with Crippen molar-refractivity contribution >= 4 is 23.2 Å². The first kappa shape index (κ1) is 18.0. The van der Waals surface area contributed by atoms with Gasteiger partial charge in [-0.15, -0.1) is 0 Å². The summed E-state index contributed by atoms with van der Waals surface area (Å²) in [5.74, 6) is -0.0582. The summed E-state index contributed by atoms with van der Waals surface area (Å²) in [5, 5.41) is 6.00. The standard InChI is InChI=1S/C21H25N3O2/c1-15-10-16(2)12-19(11-15)23-20(25)14-22-18-7-5-6-17(13-18)21(26)24-8-3-4-9-24/h5-7,10-13,22H,3-4,8-9,14H2,1-2H3,(H,23,25). The number of nitrogens with zero attached hydrogens (tertiary/aromatic N) is 1. The molecule has 5 nitrogen and oxygen atoms in total. The first-order chi connectivity index (χ1) is 12.5. The molecule has 1 aliphatic heterocycles. The van der Waals surface area contributed by atoms with Crippen LogP contribution < -0.4 is 10.6 Å². The van der Waals surface area contributed by atoms with Crippen LogP contribution in [0.2, 0.25) is 0 Å². The van der Waals surface area contributed by atoms with Crippen LogP contribution in [0.25, 0.3) is 0 Å². The van der Waals surface area contributed by atoms with Crippen LogP contribution in [0.4, 0.5) is 11.4 Å². The van der Waals surface area contributed by atoms with Gasteiger partial charge < -0.3 is 15.5 Å². The highest BCUT2D eigenvalue weighted by Crippen LogP contribution is 2.17. The van der Waals surface area contributed by atoms with Gasteiger partial charge in [0.05, 0.1) is 6.54 Å². The first-order valence-corrected chi connectivity index (χ1v) is 9.02. The summed E-state index contributed by atoms with van der Waals surface area (Å²) in [6.07, 6.45) is 2.14. The van der Waals surface area contributed by atoms with Gasteiger partial charge in [-0.05, 0) is 68.1 Å². The van der Waals surface area contributed by atoms with Gasteiger partial charge in [0, 0.05) is 30.0 Å². The van der Waals surface area contributed by atoms with E-state index in [1.54, 1.807) is 0 Å². The van der Waals surface area contributed by atoms with E-state index >= 15 is 0 Å². The molecule has 2 amide bonds. The molecule has 0 saturated carbocycles. The summed E-state index contributed by atoms with van der Waals surface area (Å²) in [7, 11) is 0. The molecule has 1 fully saturated rings. The van der Waals surface area contributed by atoms with E-state index in [2.05, 4.69) is 16.7 Å². The Balaban J connectivity index is 1.58. The lowest BCUT2D eigenvalue weighted by Crippen LogP contribution is -2.27. The van der Waals surface area contributed by atoms with Crippen molar-refractivity contribution in [3.63, 3.8) is 0 Å². The number of amides is 2. The van der Waals surface area contributed by atoms with Crippen molar-refractivity contribution < 1.29 is 9.59 Å². The molecule has 3 rings (SSSR count). The fraction of sp³-hybridized carbons (Fsp3) is 0.333. The largest absolute Gasteiger partial charge is 0.376 e. The zero-order valence-corrected chi connectivity index (χ0v) is 15.3. The van der Waals surface area contributed by atoms with Crippen molar-refractivity contribution in [1.82, 2.24) is 4.90 Å². The van der Waals surface area contributed by atoms with E-state index in [4.69, 9.17) is 0 Å². The maximum atomic E-state index is 12.5. The average molecular weight is 351 g/mol. The predicted octanol–water partition coefficient (Wildman–Crippen LogP) is 3.59. The number of benzene rings is 2. The number of anilines is 2. The molecule has 0 radical (unpaired) electrons. The Bertz CT molecular complexity index is 790. The highest BCUT2D eigenvalue weighted by Gasteiger charge is 2.19. The summed E-state index contributed by atoms with van der Waals surface area (Å²) < 4.78 is 0. The second kappa shape index (κ2) is 8.04. The number of rotatable bonds is 5. The van der Waals surface area contributed by atoms with Crippen molar-refractivity contribution in [3.05, 3.63) is 59.2 Å². The minimum absolute atomic E-state index is 0.0610. The molecule has 1 heterocycles. The Hall–Kier alpha value is -2.82. The summed E-state index contributed by atoms with van der Waals surface area (Å²) in [5.41, 5.74) is 4.45. The van der Waals surface area contributed by atoms with Crippen LogP contribution >= 0.6 is 0 Å². The highest BCUT2D eigenvalue weighted by molar-refractivity contribution is 5.96. The minimum Gasteiger partial charge on any atom is -0.376 e. The quantitative estimate of drug-likeness (QED) is 0.865. The molecule has 2 N–H and O–H groups in total. The van der Waals surface area contributed by atoms with Gasteiger partial charge in [-0.2, -0.15) is 0 Å². The Morgan fingerprint density at radius 1 is 0.962 bits per heavy atom. The van der Waals surface area contributed by atoms with Crippen LogP contribution in [0.5, 0.6) is 0 Å². The predicted molar refractivity (Wildman–Crippen MR) is 105 cm³/mol. The van der Waals surface area contributed by atoms with Gasteiger partial charge in [0.25, 0.3) is 5.91 Å². The fourth-order valence-corrected chi connectivity index (χ4v) is 3.30. The summed E-state index contributed by atoms with van der Waals surface area (Å²) >= 11 is 0. The Morgan fingerprint density at radius 2 is 1.65 bits per heavy atom. The lowest BCUT2D eigenvalue weighted by Gasteiger charge is -2.16. The van der Waals surface area contributed by atoms with Gasteiger partial charge >= 0.3 is 0 Å². The number of hydrogen-bond acceptors (Lipinski definition) is 3. The number of nitrogens with one attached hydrogen (secondary N) is 2. The van der Waals surface area contributed by atoms with E-state index in [1.807, 2.05) is 55.1 Å².